The van der Waals surface area contributed by atoms with Gasteiger partial charge in [-0.25, -0.2) is 0 Å². The quantitative estimate of drug-likeness (QED) is 0.446. The first-order chi connectivity index (χ1) is 11.0. The first-order valence-corrected chi connectivity index (χ1v) is 7.53. The van der Waals surface area contributed by atoms with Crippen molar-refractivity contribution >= 4 is 5.69 Å². The van der Waals surface area contributed by atoms with E-state index in [0.717, 1.165) is 23.4 Å². The number of pyridine rings is 1. The summed E-state index contributed by atoms with van der Waals surface area (Å²) < 4.78 is 7.10. The van der Waals surface area contributed by atoms with E-state index in [1.54, 1.807) is 13.0 Å². The third-order valence-corrected chi connectivity index (χ3v) is 3.60. The molecule has 1 heterocycles. The average Bonchev–Trinajstić information content (AvgIpc) is 2.49. The number of hydrogen-bond donors (Lipinski definition) is 0. The van der Waals surface area contributed by atoms with Crippen LogP contribution in [0.25, 0.3) is 0 Å². The van der Waals surface area contributed by atoms with Crippen molar-refractivity contribution in [3.8, 4) is 5.75 Å². The van der Waals surface area contributed by atoms with Gasteiger partial charge in [-0.3, -0.25) is 14.9 Å². The van der Waals surface area contributed by atoms with Gasteiger partial charge in [-0.05, 0) is 50.5 Å². The van der Waals surface area contributed by atoms with Crippen LogP contribution in [-0.4, -0.2) is 16.1 Å². The first kappa shape index (κ1) is 16.7. The number of unbranched alkanes of at least 4 members (excludes halogenated alkanes) is 1. The molecule has 0 aliphatic rings. The normalized spacial score (nSPS) is 10.5. The summed E-state index contributed by atoms with van der Waals surface area (Å²) in [4.78, 5) is 22.2. The summed E-state index contributed by atoms with van der Waals surface area (Å²) in [5.74, 6) is 0.827. The number of nitro groups is 1. The largest absolute Gasteiger partial charge is 0.494 e. The predicted molar refractivity (Wildman–Crippen MR) is 88.0 cm³/mol. The highest BCUT2D eigenvalue weighted by molar-refractivity contribution is 5.28. The lowest BCUT2D eigenvalue weighted by Crippen LogP contribution is -2.24. The summed E-state index contributed by atoms with van der Waals surface area (Å²) in [6.07, 6.45) is 1.48. The molecular formula is C17H20N2O4. The van der Waals surface area contributed by atoms with E-state index in [1.807, 2.05) is 31.2 Å². The van der Waals surface area contributed by atoms with Gasteiger partial charge in [0.15, 0.2) is 0 Å². The van der Waals surface area contributed by atoms with Crippen molar-refractivity contribution in [1.82, 2.24) is 4.57 Å². The van der Waals surface area contributed by atoms with Gasteiger partial charge in [0.25, 0.3) is 0 Å². The van der Waals surface area contributed by atoms with Crippen LogP contribution in [0.4, 0.5) is 5.69 Å². The van der Waals surface area contributed by atoms with Gasteiger partial charge >= 0.3 is 11.2 Å². The van der Waals surface area contributed by atoms with Crippen molar-refractivity contribution in [1.29, 1.82) is 0 Å². The smallest absolute Gasteiger partial charge is 0.334 e. The average molecular weight is 316 g/mol. The Morgan fingerprint density at radius 1 is 1.17 bits per heavy atom. The highest BCUT2D eigenvalue weighted by Crippen LogP contribution is 2.13. The number of nitrogens with zero attached hydrogens (tertiary/aromatic N) is 2. The first-order valence-electron chi connectivity index (χ1n) is 7.53. The number of aromatic nitrogens is 1. The van der Waals surface area contributed by atoms with E-state index in [1.165, 1.54) is 10.6 Å². The molecule has 0 bridgehead atoms. The molecule has 0 saturated heterocycles. The molecule has 2 rings (SSSR count). The Kier molecular flexibility index (Phi) is 5.51. The van der Waals surface area contributed by atoms with Gasteiger partial charge in [-0.2, -0.15) is 0 Å². The van der Waals surface area contributed by atoms with E-state index in [9.17, 15) is 14.9 Å². The van der Waals surface area contributed by atoms with E-state index in [0.29, 0.717) is 19.6 Å². The van der Waals surface area contributed by atoms with E-state index in [-0.39, 0.29) is 5.69 Å². The standard InChI is InChI=1S/C17H20N2O4/c1-13-6-5-7-15(12-13)23-11-4-3-10-18-14(2)8-9-16(17(18)20)19(21)22/h5-9,12H,3-4,10-11H2,1-2H3. The fraction of sp³-hybridized carbons (Fsp3) is 0.353. The van der Waals surface area contributed by atoms with E-state index in [2.05, 4.69) is 0 Å². The zero-order chi connectivity index (χ0) is 16.8. The minimum absolute atomic E-state index is 0.383. The molecule has 23 heavy (non-hydrogen) atoms. The van der Waals surface area contributed by atoms with Crippen molar-refractivity contribution in [2.24, 2.45) is 0 Å². The van der Waals surface area contributed by atoms with Crippen molar-refractivity contribution in [2.75, 3.05) is 6.61 Å². The van der Waals surface area contributed by atoms with Crippen LogP contribution in [-0.2, 0) is 6.54 Å². The fourth-order valence-electron chi connectivity index (χ4n) is 2.34. The molecule has 0 unspecified atom stereocenters. The Balaban J connectivity index is 1.88. The van der Waals surface area contributed by atoms with Gasteiger partial charge in [0.1, 0.15) is 5.75 Å². The molecule has 0 saturated carbocycles. The zero-order valence-corrected chi connectivity index (χ0v) is 13.3. The molecule has 0 fully saturated rings. The molecule has 0 aliphatic carbocycles. The van der Waals surface area contributed by atoms with Crippen LogP contribution in [0.1, 0.15) is 24.1 Å². The molecule has 2 aromatic rings. The lowest BCUT2D eigenvalue weighted by atomic mass is 10.2. The van der Waals surface area contributed by atoms with E-state index < -0.39 is 10.5 Å². The van der Waals surface area contributed by atoms with Crippen LogP contribution in [0.5, 0.6) is 5.75 Å². The molecule has 0 aliphatic heterocycles. The Hall–Kier alpha value is -2.63. The molecule has 0 spiro atoms. The SMILES string of the molecule is Cc1cccc(OCCCCn2c(C)ccc([N+](=O)[O-])c2=O)c1. The van der Waals surface area contributed by atoms with Crippen LogP contribution in [0, 0.1) is 24.0 Å². The second-order valence-electron chi connectivity index (χ2n) is 5.45. The maximum absolute atomic E-state index is 12.0. The van der Waals surface area contributed by atoms with Crippen LogP contribution in [0.2, 0.25) is 0 Å². The lowest BCUT2D eigenvalue weighted by molar-refractivity contribution is -0.386. The van der Waals surface area contributed by atoms with Crippen molar-refractivity contribution in [3.63, 3.8) is 0 Å². The topological polar surface area (TPSA) is 74.4 Å². The predicted octanol–water partition coefficient (Wildman–Crippen LogP) is 3.23. The van der Waals surface area contributed by atoms with Gasteiger partial charge in [0.2, 0.25) is 0 Å². The fourth-order valence-corrected chi connectivity index (χ4v) is 2.34. The minimum Gasteiger partial charge on any atom is -0.494 e. The van der Waals surface area contributed by atoms with Gasteiger partial charge in [0, 0.05) is 18.3 Å². The van der Waals surface area contributed by atoms with Crippen LogP contribution >= 0.6 is 0 Å². The molecule has 0 radical (unpaired) electrons. The highest BCUT2D eigenvalue weighted by atomic mass is 16.6. The second kappa shape index (κ2) is 7.58. The molecule has 0 atom stereocenters. The second-order valence-corrected chi connectivity index (χ2v) is 5.45. The Morgan fingerprint density at radius 3 is 2.65 bits per heavy atom. The Bertz CT molecular complexity index is 752. The van der Waals surface area contributed by atoms with Gasteiger partial charge in [0.05, 0.1) is 11.5 Å². The summed E-state index contributed by atoms with van der Waals surface area (Å²) in [6, 6.07) is 10.7. The molecular weight excluding hydrogens is 296 g/mol. The monoisotopic (exact) mass is 316 g/mol. The number of aryl methyl sites for hydroxylation is 2. The van der Waals surface area contributed by atoms with Crippen LogP contribution in [0.3, 0.4) is 0 Å². The molecule has 0 N–H and O–H groups in total. The molecule has 1 aromatic carbocycles. The summed E-state index contributed by atoms with van der Waals surface area (Å²) in [6.45, 7) is 4.77. The van der Waals surface area contributed by atoms with E-state index >= 15 is 0 Å². The van der Waals surface area contributed by atoms with Crippen molar-refractivity contribution < 1.29 is 9.66 Å². The molecule has 1 aromatic heterocycles. The number of hydrogen-bond acceptors (Lipinski definition) is 4. The summed E-state index contributed by atoms with van der Waals surface area (Å²) >= 11 is 0. The van der Waals surface area contributed by atoms with Crippen LogP contribution < -0.4 is 10.3 Å². The molecule has 122 valence electrons. The highest BCUT2D eigenvalue weighted by Gasteiger charge is 2.15. The summed E-state index contributed by atoms with van der Waals surface area (Å²) in [7, 11) is 0. The van der Waals surface area contributed by atoms with E-state index in [4.69, 9.17) is 4.74 Å². The third-order valence-electron chi connectivity index (χ3n) is 3.60. The van der Waals surface area contributed by atoms with Gasteiger partial charge in [-0.1, -0.05) is 12.1 Å². The minimum atomic E-state index is -0.640. The maximum Gasteiger partial charge on any atom is 0.334 e. The van der Waals surface area contributed by atoms with Crippen molar-refractivity contribution in [2.45, 2.75) is 33.2 Å². The summed E-state index contributed by atoms with van der Waals surface area (Å²) in [5.41, 5.74) is 0.933. The van der Waals surface area contributed by atoms with Gasteiger partial charge in [-0.15, -0.1) is 0 Å². The van der Waals surface area contributed by atoms with Crippen LogP contribution in [0.15, 0.2) is 41.2 Å². The number of rotatable bonds is 7. The van der Waals surface area contributed by atoms with Crippen molar-refractivity contribution in [3.05, 3.63) is 68.1 Å². The molecule has 6 nitrogen and oxygen atoms in total. The molecule has 6 heteroatoms. The molecule has 0 amide bonds. The maximum atomic E-state index is 12.0. The Morgan fingerprint density at radius 2 is 1.96 bits per heavy atom. The lowest BCUT2D eigenvalue weighted by Gasteiger charge is -2.10. The number of ether oxygens (including phenoxy) is 1. The number of benzene rings is 1. The van der Waals surface area contributed by atoms with Gasteiger partial charge < -0.3 is 9.30 Å². The Labute approximate surface area is 134 Å². The zero-order valence-electron chi connectivity index (χ0n) is 13.3. The summed E-state index contributed by atoms with van der Waals surface area (Å²) in [5, 5.41) is 10.8. The third kappa shape index (κ3) is 4.42.